The van der Waals surface area contributed by atoms with Gasteiger partial charge in [0.25, 0.3) is 0 Å². The number of nitrogens with two attached hydrogens (primary N) is 2. The molecule has 1 aliphatic carbocycles. The molecule has 3 aromatic rings. The monoisotopic (exact) mass is 414 g/mol. The molecule has 0 radical (unpaired) electrons. The maximum absolute atomic E-state index is 13.6. The van der Waals surface area contributed by atoms with Gasteiger partial charge < -0.3 is 20.8 Å². The zero-order valence-corrected chi connectivity index (χ0v) is 18.2. The first-order chi connectivity index (χ1) is 14.6. The molecule has 0 aliphatic heterocycles. The minimum atomic E-state index is -0.887. The number of hydrogen-bond acceptors (Lipinski definition) is 6. The lowest BCUT2D eigenvalue weighted by molar-refractivity contribution is -0.108. The number of aromatic nitrogens is 4. The fraction of sp³-hybridized carbons (Fsp3) is 0.455. The first-order valence-corrected chi connectivity index (χ1v) is 10.4. The molecule has 0 spiro atoms. The standard InChI is InChI=1S/C19H20FN5O.C2H6.CH5N/c1-11-8-12-4-2-5-13(12)9-14(11)10-15-22-16-17(21)23-19(20)24-18(16)25(15)6-3-7-26;2*1-2/h7-9H,2-6,10H2,1H3,(H2,21,23,24);1-2H3;2H2,1H3. The van der Waals surface area contributed by atoms with Crippen molar-refractivity contribution in [1.29, 1.82) is 0 Å². The summed E-state index contributed by atoms with van der Waals surface area (Å²) in [6.07, 6.45) is 4.26. The topological polar surface area (TPSA) is 113 Å². The summed E-state index contributed by atoms with van der Waals surface area (Å²) >= 11 is 0. The molecule has 4 N–H and O–H groups in total. The van der Waals surface area contributed by atoms with Gasteiger partial charge >= 0.3 is 6.08 Å². The third-order valence-electron chi connectivity index (χ3n) is 5.04. The van der Waals surface area contributed by atoms with Crippen LogP contribution in [0.25, 0.3) is 11.2 Å². The van der Waals surface area contributed by atoms with Gasteiger partial charge in [-0.05, 0) is 55.5 Å². The molecule has 8 heteroatoms. The largest absolute Gasteiger partial charge is 0.382 e. The van der Waals surface area contributed by atoms with Crippen molar-refractivity contribution in [1.82, 2.24) is 19.5 Å². The molecule has 0 bridgehead atoms. The minimum absolute atomic E-state index is 0.0179. The molecule has 0 saturated heterocycles. The minimum Gasteiger partial charge on any atom is -0.382 e. The van der Waals surface area contributed by atoms with Gasteiger partial charge in [-0.2, -0.15) is 14.4 Å². The van der Waals surface area contributed by atoms with E-state index < -0.39 is 6.08 Å². The predicted octanol–water partition coefficient (Wildman–Crippen LogP) is 3.13. The molecule has 1 aromatic carbocycles. The Balaban J connectivity index is 0.000000757. The van der Waals surface area contributed by atoms with E-state index in [1.165, 1.54) is 35.7 Å². The highest BCUT2D eigenvalue weighted by molar-refractivity contribution is 5.82. The number of benzene rings is 1. The Morgan fingerprint density at radius 2 is 1.80 bits per heavy atom. The van der Waals surface area contributed by atoms with Gasteiger partial charge in [0, 0.05) is 19.4 Å². The van der Waals surface area contributed by atoms with Crippen LogP contribution in [-0.4, -0.2) is 32.9 Å². The number of fused-ring (bicyclic) bond motifs is 2. The van der Waals surface area contributed by atoms with Crippen LogP contribution < -0.4 is 11.5 Å². The van der Waals surface area contributed by atoms with Gasteiger partial charge in [0.1, 0.15) is 12.1 Å². The van der Waals surface area contributed by atoms with Crippen LogP contribution in [0.3, 0.4) is 0 Å². The van der Waals surface area contributed by atoms with Crippen molar-refractivity contribution in [2.45, 2.75) is 59.4 Å². The van der Waals surface area contributed by atoms with Crippen LogP contribution in [0.4, 0.5) is 10.2 Å². The van der Waals surface area contributed by atoms with Gasteiger partial charge in [0.15, 0.2) is 17.0 Å². The molecular formula is C22H31FN6O. The zero-order valence-electron chi connectivity index (χ0n) is 18.2. The summed E-state index contributed by atoms with van der Waals surface area (Å²) in [5.41, 5.74) is 16.3. The summed E-state index contributed by atoms with van der Waals surface area (Å²) in [7, 11) is 1.50. The third-order valence-corrected chi connectivity index (χ3v) is 5.04. The number of imidazole rings is 1. The van der Waals surface area contributed by atoms with E-state index in [1.807, 2.05) is 13.8 Å². The smallest absolute Gasteiger partial charge is 0.312 e. The number of aryl methyl sites for hydroxylation is 4. The lowest BCUT2D eigenvalue weighted by Crippen LogP contribution is -2.08. The Bertz CT molecular complexity index is 1010. The number of halogens is 1. The van der Waals surface area contributed by atoms with E-state index in [2.05, 4.69) is 39.7 Å². The van der Waals surface area contributed by atoms with Crippen molar-refractivity contribution in [3.63, 3.8) is 0 Å². The summed E-state index contributed by atoms with van der Waals surface area (Å²) in [4.78, 5) is 22.8. The molecule has 30 heavy (non-hydrogen) atoms. The molecule has 4 rings (SSSR count). The van der Waals surface area contributed by atoms with Crippen molar-refractivity contribution in [2.75, 3.05) is 12.8 Å². The molecule has 0 unspecified atom stereocenters. The fourth-order valence-electron chi connectivity index (χ4n) is 3.75. The Labute approximate surface area is 176 Å². The molecular weight excluding hydrogens is 383 g/mol. The van der Waals surface area contributed by atoms with E-state index in [0.29, 0.717) is 30.6 Å². The highest BCUT2D eigenvalue weighted by atomic mass is 19.1. The van der Waals surface area contributed by atoms with Crippen molar-refractivity contribution in [2.24, 2.45) is 5.73 Å². The number of carbonyl (C=O) groups is 1. The fourth-order valence-corrected chi connectivity index (χ4v) is 3.75. The Hall–Kier alpha value is -2.87. The summed E-state index contributed by atoms with van der Waals surface area (Å²) in [5.74, 6) is 0.735. The molecule has 7 nitrogen and oxygen atoms in total. The molecule has 2 aromatic heterocycles. The third kappa shape index (κ3) is 4.81. The van der Waals surface area contributed by atoms with Crippen LogP contribution in [0, 0.1) is 13.0 Å². The Morgan fingerprint density at radius 1 is 1.13 bits per heavy atom. The maximum Gasteiger partial charge on any atom is 0.312 e. The molecule has 2 heterocycles. The summed E-state index contributed by atoms with van der Waals surface area (Å²) < 4.78 is 15.4. The Morgan fingerprint density at radius 3 is 2.47 bits per heavy atom. The van der Waals surface area contributed by atoms with Crippen LogP contribution in [0.2, 0.25) is 0 Å². The highest BCUT2D eigenvalue weighted by Gasteiger charge is 2.19. The first-order valence-electron chi connectivity index (χ1n) is 10.4. The molecule has 0 amide bonds. The molecule has 0 saturated carbocycles. The first kappa shape index (κ1) is 23.4. The van der Waals surface area contributed by atoms with E-state index in [4.69, 9.17) is 5.73 Å². The highest BCUT2D eigenvalue weighted by Crippen LogP contribution is 2.28. The van der Waals surface area contributed by atoms with Gasteiger partial charge in [-0.3, -0.25) is 0 Å². The van der Waals surface area contributed by atoms with E-state index in [-0.39, 0.29) is 5.82 Å². The van der Waals surface area contributed by atoms with Crippen LogP contribution in [0.15, 0.2) is 12.1 Å². The van der Waals surface area contributed by atoms with Crippen LogP contribution in [-0.2, 0) is 30.6 Å². The second kappa shape index (κ2) is 10.8. The van der Waals surface area contributed by atoms with Crippen molar-refractivity contribution in [3.8, 4) is 0 Å². The van der Waals surface area contributed by atoms with Crippen LogP contribution in [0.5, 0.6) is 0 Å². The number of nitrogen functional groups attached to an aromatic ring is 1. The van der Waals surface area contributed by atoms with Gasteiger partial charge in [-0.1, -0.05) is 26.0 Å². The predicted molar refractivity (Wildman–Crippen MR) is 118 cm³/mol. The zero-order chi connectivity index (χ0) is 22.3. The average molecular weight is 415 g/mol. The van der Waals surface area contributed by atoms with Gasteiger partial charge in [-0.15, -0.1) is 0 Å². The van der Waals surface area contributed by atoms with Crippen molar-refractivity contribution in [3.05, 3.63) is 46.3 Å². The summed E-state index contributed by atoms with van der Waals surface area (Å²) in [6.45, 7) is 6.48. The quantitative estimate of drug-likeness (QED) is 0.490. The summed E-state index contributed by atoms with van der Waals surface area (Å²) in [5, 5.41) is 0. The van der Waals surface area contributed by atoms with Gasteiger partial charge in [-0.25, -0.2) is 4.98 Å². The Kier molecular flexibility index (Phi) is 8.41. The van der Waals surface area contributed by atoms with Crippen molar-refractivity contribution >= 4 is 23.3 Å². The number of carbonyl (C=O) groups excluding carboxylic acids is 1. The lowest BCUT2D eigenvalue weighted by Gasteiger charge is -2.11. The second-order valence-corrected chi connectivity index (χ2v) is 6.76. The van der Waals surface area contributed by atoms with Gasteiger partial charge in [0.05, 0.1) is 0 Å². The normalized spacial score (nSPS) is 11.9. The molecule has 162 valence electrons. The van der Waals surface area contributed by atoms with E-state index >= 15 is 0 Å². The number of rotatable bonds is 5. The molecule has 1 aliphatic rings. The summed E-state index contributed by atoms with van der Waals surface area (Å²) in [6, 6.07) is 4.50. The SMILES string of the molecule is CC.CN.Cc1cc2c(cc1Cc1nc3c(N)nc(F)nc3n1CCC=O)CCC2. The number of nitrogens with zero attached hydrogens (tertiary/aromatic N) is 4. The van der Waals surface area contributed by atoms with E-state index in [9.17, 15) is 9.18 Å². The average Bonchev–Trinajstić information content (AvgIpc) is 3.34. The molecule has 0 fully saturated rings. The van der Waals surface area contributed by atoms with Gasteiger partial charge in [0.2, 0.25) is 0 Å². The number of aldehydes is 1. The number of hydrogen-bond donors (Lipinski definition) is 2. The van der Waals surface area contributed by atoms with E-state index in [0.717, 1.165) is 25.0 Å². The van der Waals surface area contributed by atoms with Crippen LogP contribution >= 0.6 is 0 Å². The lowest BCUT2D eigenvalue weighted by atomic mass is 9.98. The van der Waals surface area contributed by atoms with E-state index in [1.54, 1.807) is 4.57 Å². The second-order valence-electron chi connectivity index (χ2n) is 6.76. The van der Waals surface area contributed by atoms with Crippen LogP contribution in [0.1, 0.15) is 54.8 Å². The maximum atomic E-state index is 13.6. The van der Waals surface area contributed by atoms with Crippen molar-refractivity contribution < 1.29 is 9.18 Å². The molecule has 0 atom stereocenters. The number of anilines is 1.